The van der Waals surface area contributed by atoms with Crippen molar-refractivity contribution in [3.8, 4) is 11.5 Å². The van der Waals surface area contributed by atoms with E-state index in [0.29, 0.717) is 12.0 Å². The molecule has 2 aliphatic heterocycles. The predicted molar refractivity (Wildman–Crippen MR) is 118 cm³/mol. The van der Waals surface area contributed by atoms with Gasteiger partial charge < -0.3 is 25.0 Å². The van der Waals surface area contributed by atoms with Crippen molar-refractivity contribution in [3.05, 3.63) is 23.8 Å². The number of ether oxygens (including phenoxy) is 2. The lowest BCUT2D eigenvalue weighted by Gasteiger charge is -2.20. The second kappa shape index (κ2) is 10.7. The lowest BCUT2D eigenvalue weighted by molar-refractivity contribution is 0.321. The second-order valence-electron chi connectivity index (χ2n) is 8.22. The van der Waals surface area contributed by atoms with E-state index < -0.39 is 0 Å². The Morgan fingerprint density at radius 2 is 1.86 bits per heavy atom. The highest BCUT2D eigenvalue weighted by atomic mass is 16.5. The Bertz CT molecular complexity index is 659. The predicted octanol–water partition coefficient (Wildman–Crippen LogP) is 1.78. The Labute approximate surface area is 175 Å². The van der Waals surface area contributed by atoms with E-state index in [0.717, 1.165) is 63.1 Å². The maximum atomic E-state index is 5.40. The minimum Gasteiger partial charge on any atom is -0.497 e. The Balaban J connectivity index is 1.52. The Kier molecular flexibility index (Phi) is 8.00. The molecule has 2 aliphatic rings. The molecule has 2 heterocycles. The summed E-state index contributed by atoms with van der Waals surface area (Å²) < 4.78 is 10.8. The van der Waals surface area contributed by atoms with Crippen LogP contribution in [0, 0.1) is 5.92 Å². The van der Waals surface area contributed by atoms with Crippen molar-refractivity contribution in [2.45, 2.75) is 32.4 Å². The molecular formula is C22H37N5O2. The monoisotopic (exact) mass is 403 g/mol. The van der Waals surface area contributed by atoms with Gasteiger partial charge in [-0.25, -0.2) is 0 Å². The van der Waals surface area contributed by atoms with Gasteiger partial charge in [0.15, 0.2) is 5.96 Å². The zero-order chi connectivity index (χ0) is 20.6. The van der Waals surface area contributed by atoms with E-state index in [1.165, 1.54) is 18.5 Å². The van der Waals surface area contributed by atoms with Gasteiger partial charge in [0.05, 0.1) is 14.2 Å². The number of hydrogen-bond acceptors (Lipinski definition) is 5. The summed E-state index contributed by atoms with van der Waals surface area (Å²) in [5.41, 5.74) is 1.22. The molecular weight excluding hydrogens is 366 g/mol. The van der Waals surface area contributed by atoms with Crippen LogP contribution in [0.2, 0.25) is 0 Å². The van der Waals surface area contributed by atoms with Crippen LogP contribution in [0.15, 0.2) is 23.2 Å². The summed E-state index contributed by atoms with van der Waals surface area (Å²) >= 11 is 0. The summed E-state index contributed by atoms with van der Waals surface area (Å²) in [7, 11) is 5.58. The van der Waals surface area contributed by atoms with Gasteiger partial charge in [-0.1, -0.05) is 0 Å². The third kappa shape index (κ3) is 6.51. The number of methoxy groups -OCH3 is 2. The lowest BCUT2D eigenvalue weighted by Crippen LogP contribution is -2.44. The Morgan fingerprint density at radius 3 is 2.48 bits per heavy atom. The van der Waals surface area contributed by atoms with E-state index in [1.54, 1.807) is 14.2 Å². The zero-order valence-corrected chi connectivity index (χ0v) is 18.4. The van der Waals surface area contributed by atoms with E-state index in [9.17, 15) is 0 Å². The number of aliphatic imine (C=N–C) groups is 1. The normalized spacial score (nSPS) is 23.4. The Morgan fingerprint density at radius 1 is 1.10 bits per heavy atom. The summed E-state index contributed by atoms with van der Waals surface area (Å²) in [6.07, 6.45) is 2.37. The molecule has 2 atom stereocenters. The van der Waals surface area contributed by atoms with Crippen molar-refractivity contribution in [2.75, 3.05) is 60.5 Å². The molecule has 0 aromatic heterocycles. The van der Waals surface area contributed by atoms with E-state index in [4.69, 9.17) is 14.5 Å². The molecule has 7 heteroatoms. The van der Waals surface area contributed by atoms with E-state index in [-0.39, 0.29) is 0 Å². The molecule has 0 amide bonds. The van der Waals surface area contributed by atoms with Crippen LogP contribution in [0.1, 0.15) is 25.3 Å². The van der Waals surface area contributed by atoms with Crippen LogP contribution in [-0.2, 0) is 6.54 Å². The van der Waals surface area contributed by atoms with Gasteiger partial charge in [0.1, 0.15) is 11.5 Å². The van der Waals surface area contributed by atoms with E-state index >= 15 is 0 Å². The number of likely N-dealkylation sites (tertiary alicyclic amines) is 2. The molecule has 1 aromatic rings. The number of nitrogens with one attached hydrogen (secondary N) is 2. The number of benzene rings is 1. The SMILES string of the molecule is CCNC(=NCC1CCN(C)C1)NC1CCN(Cc2cc(OC)cc(OC)c2)C1. The van der Waals surface area contributed by atoms with Crippen LogP contribution in [0.4, 0.5) is 0 Å². The Hall–Kier alpha value is -1.99. The average Bonchev–Trinajstić information content (AvgIpc) is 3.34. The molecule has 0 bridgehead atoms. The fourth-order valence-electron chi connectivity index (χ4n) is 4.22. The van der Waals surface area contributed by atoms with Crippen molar-refractivity contribution < 1.29 is 9.47 Å². The molecule has 0 radical (unpaired) electrons. The lowest BCUT2D eigenvalue weighted by atomic mass is 10.1. The zero-order valence-electron chi connectivity index (χ0n) is 18.4. The quantitative estimate of drug-likeness (QED) is 0.510. The fourth-order valence-corrected chi connectivity index (χ4v) is 4.22. The third-order valence-electron chi connectivity index (χ3n) is 5.77. The van der Waals surface area contributed by atoms with Crippen LogP contribution in [-0.4, -0.2) is 82.3 Å². The molecule has 162 valence electrons. The number of guanidine groups is 1. The largest absolute Gasteiger partial charge is 0.497 e. The molecule has 0 aliphatic carbocycles. The van der Waals surface area contributed by atoms with Gasteiger partial charge in [-0.3, -0.25) is 9.89 Å². The first-order valence-electron chi connectivity index (χ1n) is 10.8. The average molecular weight is 404 g/mol. The van der Waals surface area contributed by atoms with E-state index in [2.05, 4.69) is 46.5 Å². The van der Waals surface area contributed by atoms with Crippen LogP contribution in [0.5, 0.6) is 11.5 Å². The van der Waals surface area contributed by atoms with Gasteiger partial charge >= 0.3 is 0 Å². The van der Waals surface area contributed by atoms with Crippen LogP contribution in [0.3, 0.4) is 0 Å². The molecule has 2 N–H and O–H groups in total. The topological polar surface area (TPSA) is 61.4 Å². The van der Waals surface area contributed by atoms with Crippen molar-refractivity contribution in [1.29, 1.82) is 0 Å². The molecule has 2 saturated heterocycles. The molecule has 3 rings (SSSR count). The summed E-state index contributed by atoms with van der Waals surface area (Å²) in [4.78, 5) is 9.73. The standard InChI is InChI=1S/C22H37N5O2/c1-5-23-22(24-13-17-6-8-26(2)14-17)25-19-7-9-27(16-19)15-18-10-20(28-3)12-21(11-18)29-4/h10-12,17,19H,5-9,13-16H2,1-4H3,(H2,23,24,25). The summed E-state index contributed by atoms with van der Waals surface area (Å²) in [5.74, 6) is 3.32. The molecule has 29 heavy (non-hydrogen) atoms. The minimum atomic E-state index is 0.423. The van der Waals surface area contributed by atoms with Gasteiger partial charge in [0.2, 0.25) is 0 Å². The second-order valence-corrected chi connectivity index (χ2v) is 8.22. The molecule has 7 nitrogen and oxygen atoms in total. The van der Waals surface area contributed by atoms with Gasteiger partial charge in [-0.05, 0) is 57.0 Å². The van der Waals surface area contributed by atoms with Crippen LogP contribution in [0.25, 0.3) is 0 Å². The highest BCUT2D eigenvalue weighted by Crippen LogP contribution is 2.24. The summed E-state index contributed by atoms with van der Waals surface area (Å²) in [6, 6.07) is 6.52. The minimum absolute atomic E-state index is 0.423. The summed E-state index contributed by atoms with van der Waals surface area (Å²) in [5, 5.41) is 7.06. The first-order chi connectivity index (χ1) is 14.1. The van der Waals surface area contributed by atoms with Crippen molar-refractivity contribution in [2.24, 2.45) is 10.9 Å². The molecule has 0 saturated carbocycles. The van der Waals surface area contributed by atoms with Gasteiger partial charge in [-0.2, -0.15) is 0 Å². The fraction of sp³-hybridized carbons (Fsp3) is 0.682. The third-order valence-corrected chi connectivity index (χ3v) is 5.77. The van der Waals surface area contributed by atoms with Gasteiger partial charge in [0, 0.05) is 51.4 Å². The van der Waals surface area contributed by atoms with Crippen LogP contribution < -0.4 is 20.1 Å². The first-order valence-corrected chi connectivity index (χ1v) is 10.8. The van der Waals surface area contributed by atoms with E-state index in [1.807, 2.05) is 6.07 Å². The first kappa shape index (κ1) is 21.7. The van der Waals surface area contributed by atoms with Gasteiger partial charge in [0.25, 0.3) is 0 Å². The van der Waals surface area contributed by atoms with Crippen LogP contribution >= 0.6 is 0 Å². The molecule has 1 aromatic carbocycles. The maximum absolute atomic E-state index is 5.40. The highest BCUT2D eigenvalue weighted by Gasteiger charge is 2.24. The van der Waals surface area contributed by atoms with Crippen molar-refractivity contribution >= 4 is 5.96 Å². The number of rotatable bonds is 8. The van der Waals surface area contributed by atoms with Gasteiger partial charge in [-0.15, -0.1) is 0 Å². The van der Waals surface area contributed by atoms with Crippen molar-refractivity contribution in [3.63, 3.8) is 0 Å². The maximum Gasteiger partial charge on any atom is 0.191 e. The number of hydrogen-bond donors (Lipinski definition) is 2. The highest BCUT2D eigenvalue weighted by molar-refractivity contribution is 5.80. The molecule has 0 spiro atoms. The number of nitrogens with zero attached hydrogens (tertiary/aromatic N) is 3. The van der Waals surface area contributed by atoms with Crippen molar-refractivity contribution in [1.82, 2.24) is 20.4 Å². The smallest absolute Gasteiger partial charge is 0.191 e. The molecule has 2 fully saturated rings. The summed E-state index contributed by atoms with van der Waals surface area (Å²) in [6.45, 7) is 9.24. The molecule has 2 unspecified atom stereocenters.